The fourth-order valence-corrected chi connectivity index (χ4v) is 3.10. The third-order valence-corrected chi connectivity index (χ3v) is 3.92. The first-order chi connectivity index (χ1) is 8.45. The molecule has 1 aromatic carbocycles. The van der Waals surface area contributed by atoms with E-state index >= 15 is 0 Å². The van der Waals surface area contributed by atoms with Gasteiger partial charge in [-0.1, -0.05) is 43.2 Å². The van der Waals surface area contributed by atoms with Crippen LogP contribution in [0.15, 0.2) is 35.3 Å². The van der Waals surface area contributed by atoms with E-state index in [1.54, 1.807) is 0 Å². The minimum absolute atomic E-state index is 0.522. The molecule has 2 heteroatoms. The maximum Gasteiger partial charge on any atom is 0.187 e. The average Bonchev–Trinajstić information content (AvgIpc) is 2.94. The predicted octanol–water partition coefficient (Wildman–Crippen LogP) is 3.39. The summed E-state index contributed by atoms with van der Waals surface area (Å²) in [5, 5.41) is 0. The Morgan fingerprint density at radius 2 is 1.76 bits per heavy atom. The molecule has 17 heavy (non-hydrogen) atoms. The van der Waals surface area contributed by atoms with Gasteiger partial charge in [0.2, 0.25) is 0 Å². The SMILES string of the molecule is c1ccc([C@H]2CCCC[C@@H]2C2=NCCO2)cc1. The van der Waals surface area contributed by atoms with Crippen molar-refractivity contribution in [3.63, 3.8) is 0 Å². The molecule has 0 unspecified atom stereocenters. The summed E-state index contributed by atoms with van der Waals surface area (Å²) in [7, 11) is 0. The van der Waals surface area contributed by atoms with E-state index in [1.807, 2.05) is 0 Å². The fourth-order valence-electron chi connectivity index (χ4n) is 3.10. The lowest BCUT2D eigenvalue weighted by Crippen LogP contribution is -2.26. The molecule has 0 bridgehead atoms. The molecule has 0 saturated heterocycles. The number of rotatable bonds is 2. The molecule has 1 fully saturated rings. The first kappa shape index (κ1) is 10.8. The van der Waals surface area contributed by atoms with Crippen molar-refractivity contribution in [3.05, 3.63) is 35.9 Å². The molecule has 0 N–H and O–H groups in total. The second-order valence-electron chi connectivity index (χ2n) is 4.98. The van der Waals surface area contributed by atoms with Gasteiger partial charge < -0.3 is 4.74 Å². The van der Waals surface area contributed by atoms with Crippen LogP contribution >= 0.6 is 0 Å². The first-order valence-electron chi connectivity index (χ1n) is 6.67. The molecule has 1 saturated carbocycles. The van der Waals surface area contributed by atoms with E-state index in [9.17, 15) is 0 Å². The number of hydrogen-bond donors (Lipinski definition) is 0. The van der Waals surface area contributed by atoms with Crippen LogP contribution in [0, 0.1) is 5.92 Å². The summed E-state index contributed by atoms with van der Waals surface area (Å²) >= 11 is 0. The third kappa shape index (κ3) is 2.21. The average molecular weight is 229 g/mol. The van der Waals surface area contributed by atoms with Crippen LogP contribution in [0.4, 0.5) is 0 Å². The molecule has 3 rings (SSSR count). The zero-order valence-corrected chi connectivity index (χ0v) is 10.1. The van der Waals surface area contributed by atoms with Crippen molar-refractivity contribution >= 4 is 5.90 Å². The minimum Gasteiger partial charge on any atom is -0.479 e. The second-order valence-corrected chi connectivity index (χ2v) is 4.98. The Balaban J connectivity index is 1.85. The van der Waals surface area contributed by atoms with E-state index < -0.39 is 0 Å². The van der Waals surface area contributed by atoms with E-state index in [-0.39, 0.29) is 0 Å². The Labute approximate surface area is 103 Å². The van der Waals surface area contributed by atoms with Crippen LogP contribution in [0.5, 0.6) is 0 Å². The molecule has 0 aromatic heterocycles. The zero-order chi connectivity index (χ0) is 11.5. The summed E-state index contributed by atoms with van der Waals surface area (Å²) < 4.78 is 5.69. The maximum atomic E-state index is 5.69. The van der Waals surface area contributed by atoms with Gasteiger partial charge in [0, 0.05) is 5.92 Å². The largest absolute Gasteiger partial charge is 0.479 e. The van der Waals surface area contributed by atoms with Gasteiger partial charge in [-0.15, -0.1) is 0 Å². The van der Waals surface area contributed by atoms with Crippen molar-refractivity contribution in [1.82, 2.24) is 0 Å². The van der Waals surface area contributed by atoms with Gasteiger partial charge in [0.05, 0.1) is 6.54 Å². The van der Waals surface area contributed by atoms with E-state index in [1.165, 1.54) is 31.2 Å². The Bertz CT molecular complexity index is 399. The van der Waals surface area contributed by atoms with Crippen LogP contribution in [0.3, 0.4) is 0 Å². The minimum atomic E-state index is 0.522. The van der Waals surface area contributed by atoms with Gasteiger partial charge in [-0.3, -0.25) is 4.99 Å². The van der Waals surface area contributed by atoms with E-state index in [0.717, 1.165) is 19.0 Å². The molecule has 2 atom stereocenters. The molecule has 0 amide bonds. The topological polar surface area (TPSA) is 21.6 Å². The molecule has 1 aromatic rings. The number of hydrogen-bond acceptors (Lipinski definition) is 2. The Kier molecular flexibility index (Phi) is 3.12. The molecular formula is C15H19NO. The van der Waals surface area contributed by atoms with Gasteiger partial charge in [0.1, 0.15) is 6.61 Å². The Hall–Kier alpha value is -1.31. The molecular weight excluding hydrogens is 210 g/mol. The van der Waals surface area contributed by atoms with Crippen molar-refractivity contribution in [2.24, 2.45) is 10.9 Å². The molecule has 0 radical (unpaired) electrons. The summed E-state index contributed by atoms with van der Waals surface area (Å²) in [4.78, 5) is 4.53. The molecule has 90 valence electrons. The molecule has 1 heterocycles. The van der Waals surface area contributed by atoms with Crippen LogP contribution in [0.1, 0.15) is 37.2 Å². The highest BCUT2D eigenvalue weighted by Crippen LogP contribution is 2.39. The third-order valence-electron chi connectivity index (χ3n) is 3.92. The first-order valence-corrected chi connectivity index (χ1v) is 6.67. The van der Waals surface area contributed by atoms with Crippen molar-refractivity contribution < 1.29 is 4.74 Å². The lowest BCUT2D eigenvalue weighted by molar-refractivity contribution is 0.282. The van der Waals surface area contributed by atoms with Crippen LogP contribution in [0.25, 0.3) is 0 Å². The molecule has 2 nitrogen and oxygen atoms in total. The normalized spacial score (nSPS) is 28.6. The molecule has 0 spiro atoms. The zero-order valence-electron chi connectivity index (χ0n) is 10.1. The second kappa shape index (κ2) is 4.91. The summed E-state index contributed by atoms with van der Waals surface area (Å²) in [5.41, 5.74) is 1.45. The van der Waals surface area contributed by atoms with Crippen LogP contribution in [-0.4, -0.2) is 19.0 Å². The standard InChI is InChI=1S/C15H19NO/c1-2-6-12(7-3-1)13-8-4-5-9-14(13)15-16-10-11-17-15/h1-3,6-7,13-14H,4-5,8-11H2/t13-,14+/m1/s1. The number of aliphatic imine (C=N–C) groups is 1. The van der Waals surface area contributed by atoms with Crippen LogP contribution in [0.2, 0.25) is 0 Å². The monoisotopic (exact) mass is 229 g/mol. The highest BCUT2D eigenvalue weighted by Gasteiger charge is 2.32. The summed E-state index contributed by atoms with van der Waals surface area (Å²) in [6, 6.07) is 10.9. The highest BCUT2D eigenvalue weighted by atomic mass is 16.5. The van der Waals surface area contributed by atoms with Gasteiger partial charge in [-0.05, 0) is 24.3 Å². The maximum absolute atomic E-state index is 5.69. The highest BCUT2D eigenvalue weighted by molar-refractivity contribution is 5.81. The van der Waals surface area contributed by atoms with Gasteiger partial charge in [0.15, 0.2) is 5.90 Å². The number of ether oxygens (including phenoxy) is 1. The van der Waals surface area contributed by atoms with Crippen molar-refractivity contribution in [3.8, 4) is 0 Å². The van der Waals surface area contributed by atoms with E-state index in [0.29, 0.717) is 11.8 Å². The summed E-state index contributed by atoms with van der Waals surface area (Å²) in [6.45, 7) is 1.64. The van der Waals surface area contributed by atoms with Crippen molar-refractivity contribution in [1.29, 1.82) is 0 Å². The van der Waals surface area contributed by atoms with E-state index in [2.05, 4.69) is 35.3 Å². The summed E-state index contributed by atoms with van der Waals surface area (Å²) in [5.74, 6) is 2.16. The van der Waals surface area contributed by atoms with Gasteiger partial charge in [0.25, 0.3) is 0 Å². The van der Waals surface area contributed by atoms with Crippen molar-refractivity contribution in [2.75, 3.05) is 13.2 Å². The number of benzene rings is 1. The Morgan fingerprint density at radius 1 is 1.00 bits per heavy atom. The predicted molar refractivity (Wildman–Crippen MR) is 69.4 cm³/mol. The quantitative estimate of drug-likeness (QED) is 0.761. The molecule has 1 aliphatic heterocycles. The van der Waals surface area contributed by atoms with Gasteiger partial charge in [-0.25, -0.2) is 0 Å². The fraction of sp³-hybridized carbons (Fsp3) is 0.533. The number of nitrogens with zero attached hydrogens (tertiary/aromatic N) is 1. The molecule has 1 aliphatic carbocycles. The van der Waals surface area contributed by atoms with Crippen LogP contribution in [-0.2, 0) is 4.74 Å². The van der Waals surface area contributed by atoms with E-state index in [4.69, 9.17) is 4.74 Å². The lowest BCUT2D eigenvalue weighted by Gasteiger charge is -2.31. The van der Waals surface area contributed by atoms with Crippen LogP contribution < -0.4 is 0 Å². The lowest BCUT2D eigenvalue weighted by atomic mass is 9.75. The smallest absolute Gasteiger partial charge is 0.187 e. The molecule has 2 aliphatic rings. The van der Waals surface area contributed by atoms with Crippen molar-refractivity contribution in [2.45, 2.75) is 31.6 Å². The van der Waals surface area contributed by atoms with Gasteiger partial charge in [-0.2, -0.15) is 0 Å². The summed E-state index contributed by atoms with van der Waals surface area (Å²) in [6.07, 6.45) is 5.16. The Morgan fingerprint density at radius 3 is 2.47 bits per heavy atom. The van der Waals surface area contributed by atoms with Gasteiger partial charge >= 0.3 is 0 Å².